The fourth-order valence-corrected chi connectivity index (χ4v) is 2.96. The predicted octanol–water partition coefficient (Wildman–Crippen LogP) is -0.112. The Balaban J connectivity index is 1.61. The molecular weight excluding hydrogens is 252 g/mol. The molecule has 0 amide bonds. The van der Waals surface area contributed by atoms with Crippen molar-refractivity contribution in [2.24, 2.45) is 5.92 Å². The lowest BCUT2D eigenvalue weighted by Gasteiger charge is -2.23. The third-order valence-corrected chi connectivity index (χ3v) is 4.30. The smallest absolute Gasteiger partial charge is 0.127 e. The monoisotopic (exact) mass is 282 g/mol. The van der Waals surface area contributed by atoms with Crippen LogP contribution in [0.5, 0.6) is 0 Å². The van der Waals surface area contributed by atoms with Gasteiger partial charge in [0, 0.05) is 12.3 Å². The van der Waals surface area contributed by atoms with Crippen molar-refractivity contribution in [3.63, 3.8) is 0 Å². The zero-order valence-corrected chi connectivity index (χ0v) is 12.9. The Morgan fingerprint density at radius 1 is 1.25 bits per heavy atom. The number of quaternary nitrogens is 2. The van der Waals surface area contributed by atoms with Crippen molar-refractivity contribution in [1.82, 2.24) is 0 Å². The molecule has 1 aliphatic heterocycles. The summed E-state index contributed by atoms with van der Waals surface area (Å²) in [6, 6.07) is 4.11. The molecule has 1 fully saturated rings. The first-order valence-electron chi connectivity index (χ1n) is 8.03. The number of nitrogens with two attached hydrogens (primary N) is 1. The molecule has 0 aliphatic carbocycles. The highest BCUT2D eigenvalue weighted by Gasteiger charge is 2.19. The van der Waals surface area contributed by atoms with Gasteiger partial charge in [-0.2, -0.15) is 0 Å². The first kappa shape index (κ1) is 15.5. The van der Waals surface area contributed by atoms with Crippen molar-refractivity contribution < 1.29 is 19.4 Å². The summed E-state index contributed by atoms with van der Waals surface area (Å²) in [7, 11) is 0. The molecule has 4 heteroatoms. The van der Waals surface area contributed by atoms with Gasteiger partial charge in [0.1, 0.15) is 31.9 Å². The van der Waals surface area contributed by atoms with E-state index in [-0.39, 0.29) is 0 Å². The lowest BCUT2D eigenvalue weighted by atomic mass is 9.90. The van der Waals surface area contributed by atoms with Crippen LogP contribution in [0.15, 0.2) is 22.8 Å². The van der Waals surface area contributed by atoms with Gasteiger partial charge in [-0.05, 0) is 18.1 Å². The molecule has 3 N–H and O–H groups in total. The topological polar surface area (TPSA) is 43.4 Å². The summed E-state index contributed by atoms with van der Waals surface area (Å²) in [5.74, 6) is 2.34. The van der Waals surface area contributed by atoms with Gasteiger partial charge in [0.2, 0.25) is 0 Å². The van der Waals surface area contributed by atoms with E-state index in [1.807, 2.05) is 6.07 Å². The minimum Gasteiger partial charge on any atom is -0.469 e. The molecule has 2 rings (SSSR count). The Morgan fingerprint density at radius 2 is 2.05 bits per heavy atom. The first-order chi connectivity index (χ1) is 9.77. The van der Waals surface area contributed by atoms with Crippen molar-refractivity contribution in [2.45, 2.75) is 26.2 Å². The Labute approximate surface area is 122 Å². The van der Waals surface area contributed by atoms with Gasteiger partial charge in [-0.25, -0.2) is 0 Å². The molecule has 0 aromatic carbocycles. The molecule has 2 heterocycles. The molecule has 0 saturated carbocycles. The van der Waals surface area contributed by atoms with E-state index in [2.05, 4.69) is 25.2 Å². The van der Waals surface area contributed by atoms with Crippen molar-refractivity contribution in [3.05, 3.63) is 24.2 Å². The standard InChI is InChI=1S/C16H28N2O2/c1-14(2)15(16-4-3-11-20-16)5-6-17-7-8-18-9-12-19-13-10-18/h3-4,11,14-15,17H,5-10,12-13H2,1-2H3/p+2/t15-/m1/s1. The number of rotatable bonds is 8. The molecule has 0 spiro atoms. The minimum atomic E-state index is 0.553. The van der Waals surface area contributed by atoms with Crippen LogP contribution in [0, 0.1) is 5.92 Å². The van der Waals surface area contributed by atoms with Crippen molar-refractivity contribution >= 4 is 0 Å². The fourth-order valence-electron chi connectivity index (χ4n) is 2.96. The van der Waals surface area contributed by atoms with Crippen LogP contribution in [-0.2, 0) is 4.74 Å². The summed E-state index contributed by atoms with van der Waals surface area (Å²) in [4.78, 5) is 1.69. The first-order valence-corrected chi connectivity index (χ1v) is 8.03. The highest BCUT2D eigenvalue weighted by Crippen LogP contribution is 2.27. The number of hydrogen-bond acceptors (Lipinski definition) is 2. The van der Waals surface area contributed by atoms with E-state index in [0.29, 0.717) is 11.8 Å². The number of furan rings is 1. The average Bonchev–Trinajstić information content (AvgIpc) is 2.97. The maximum absolute atomic E-state index is 5.58. The van der Waals surface area contributed by atoms with Crippen LogP contribution in [0.25, 0.3) is 0 Å². The molecule has 1 aliphatic rings. The Morgan fingerprint density at radius 3 is 2.70 bits per heavy atom. The van der Waals surface area contributed by atoms with E-state index in [1.165, 1.54) is 39.1 Å². The van der Waals surface area contributed by atoms with Crippen molar-refractivity contribution in [1.29, 1.82) is 0 Å². The second kappa shape index (κ2) is 8.45. The van der Waals surface area contributed by atoms with Crippen molar-refractivity contribution in [2.75, 3.05) is 45.9 Å². The van der Waals surface area contributed by atoms with Gasteiger partial charge >= 0.3 is 0 Å². The van der Waals surface area contributed by atoms with E-state index < -0.39 is 0 Å². The minimum absolute atomic E-state index is 0.553. The van der Waals surface area contributed by atoms with Gasteiger partial charge in [-0.15, -0.1) is 0 Å². The molecule has 1 atom stereocenters. The van der Waals surface area contributed by atoms with Gasteiger partial charge in [0.25, 0.3) is 0 Å². The molecule has 1 aromatic heterocycles. The lowest BCUT2D eigenvalue weighted by molar-refractivity contribution is -0.919. The quantitative estimate of drug-likeness (QED) is 0.653. The molecule has 0 unspecified atom stereocenters. The summed E-state index contributed by atoms with van der Waals surface area (Å²) in [5.41, 5.74) is 0. The highest BCUT2D eigenvalue weighted by molar-refractivity contribution is 5.05. The van der Waals surface area contributed by atoms with Gasteiger partial charge in [0.15, 0.2) is 0 Å². The zero-order valence-electron chi connectivity index (χ0n) is 12.9. The number of ether oxygens (including phenoxy) is 1. The predicted molar refractivity (Wildman–Crippen MR) is 78.9 cm³/mol. The van der Waals surface area contributed by atoms with E-state index in [4.69, 9.17) is 9.15 Å². The summed E-state index contributed by atoms with van der Waals surface area (Å²) < 4.78 is 11.0. The van der Waals surface area contributed by atoms with Crippen LogP contribution < -0.4 is 10.2 Å². The molecule has 1 aromatic rings. The van der Waals surface area contributed by atoms with Crippen LogP contribution in [-0.4, -0.2) is 45.9 Å². The van der Waals surface area contributed by atoms with E-state index in [1.54, 1.807) is 11.2 Å². The highest BCUT2D eigenvalue weighted by atomic mass is 16.5. The van der Waals surface area contributed by atoms with E-state index in [9.17, 15) is 0 Å². The molecule has 20 heavy (non-hydrogen) atoms. The fraction of sp³-hybridized carbons (Fsp3) is 0.750. The molecule has 114 valence electrons. The van der Waals surface area contributed by atoms with E-state index in [0.717, 1.165) is 19.0 Å². The molecule has 1 saturated heterocycles. The van der Waals surface area contributed by atoms with Crippen LogP contribution in [0.1, 0.15) is 31.9 Å². The average molecular weight is 282 g/mol. The summed E-state index contributed by atoms with van der Waals surface area (Å²) in [6.07, 6.45) is 2.99. The molecule has 4 nitrogen and oxygen atoms in total. The lowest BCUT2D eigenvalue weighted by Crippen LogP contribution is -3.16. The second-order valence-electron chi connectivity index (χ2n) is 6.13. The Bertz CT molecular complexity index is 345. The van der Waals surface area contributed by atoms with Gasteiger partial charge in [0.05, 0.1) is 26.0 Å². The van der Waals surface area contributed by atoms with E-state index >= 15 is 0 Å². The maximum Gasteiger partial charge on any atom is 0.127 e. The van der Waals surface area contributed by atoms with Gasteiger partial charge in [-0.3, -0.25) is 0 Å². The SMILES string of the molecule is CC(C)[C@@H](CC[NH2+]CC[NH+]1CCOCC1)c1ccco1. The van der Waals surface area contributed by atoms with Crippen LogP contribution in [0.3, 0.4) is 0 Å². The summed E-state index contributed by atoms with van der Waals surface area (Å²) in [5, 5.41) is 2.46. The molecule has 0 bridgehead atoms. The normalized spacial score (nSPS) is 18.6. The maximum atomic E-state index is 5.58. The Hall–Kier alpha value is -0.840. The second-order valence-corrected chi connectivity index (χ2v) is 6.13. The number of nitrogens with one attached hydrogen (secondary N) is 1. The molecular formula is C16H30N2O2+2. The number of morpholine rings is 1. The van der Waals surface area contributed by atoms with Crippen molar-refractivity contribution in [3.8, 4) is 0 Å². The van der Waals surface area contributed by atoms with Crippen LogP contribution in [0.2, 0.25) is 0 Å². The zero-order chi connectivity index (χ0) is 14.2. The van der Waals surface area contributed by atoms with Gasteiger partial charge in [-0.1, -0.05) is 13.8 Å². The molecule has 0 radical (unpaired) electrons. The summed E-state index contributed by atoms with van der Waals surface area (Å²) >= 11 is 0. The summed E-state index contributed by atoms with van der Waals surface area (Å²) in [6.45, 7) is 12.5. The van der Waals surface area contributed by atoms with Crippen LogP contribution >= 0.6 is 0 Å². The Kier molecular flexibility index (Phi) is 6.57. The van der Waals surface area contributed by atoms with Gasteiger partial charge < -0.3 is 19.4 Å². The third-order valence-electron chi connectivity index (χ3n) is 4.30. The number of hydrogen-bond donors (Lipinski definition) is 2. The van der Waals surface area contributed by atoms with Crippen LogP contribution in [0.4, 0.5) is 0 Å². The largest absolute Gasteiger partial charge is 0.469 e. The third kappa shape index (κ3) is 4.93.